The maximum atomic E-state index is 13.7. The molecule has 2 aliphatic rings. The summed E-state index contributed by atoms with van der Waals surface area (Å²) in [4.78, 5) is 30.2. The molecule has 2 aliphatic heterocycles. The number of benzene rings is 3. The highest BCUT2D eigenvalue weighted by atomic mass is 16.6. The second kappa shape index (κ2) is 8.98. The molecule has 0 aliphatic carbocycles. The third-order valence-corrected chi connectivity index (χ3v) is 7.14. The molecule has 0 unspecified atom stereocenters. The van der Waals surface area contributed by atoms with Gasteiger partial charge < -0.3 is 19.1 Å². The highest BCUT2D eigenvalue weighted by Crippen LogP contribution is 2.49. The van der Waals surface area contributed by atoms with Crippen LogP contribution in [-0.4, -0.2) is 48.7 Å². The Bertz CT molecular complexity index is 1210. The van der Waals surface area contributed by atoms with Gasteiger partial charge in [-0.2, -0.15) is 0 Å². The largest absolute Gasteiger partial charge is 0.497 e. The maximum absolute atomic E-state index is 13.7. The lowest BCUT2D eigenvalue weighted by molar-refractivity contribution is -0.175. The van der Waals surface area contributed by atoms with Gasteiger partial charge in [0.2, 0.25) is 5.91 Å². The van der Waals surface area contributed by atoms with Crippen molar-refractivity contribution >= 4 is 12.0 Å². The van der Waals surface area contributed by atoms with Gasteiger partial charge in [0.1, 0.15) is 24.1 Å². The van der Waals surface area contributed by atoms with Crippen LogP contribution in [-0.2, 0) is 21.6 Å². The van der Waals surface area contributed by atoms with E-state index in [-0.39, 0.29) is 18.6 Å². The van der Waals surface area contributed by atoms with Crippen LogP contribution in [0.3, 0.4) is 0 Å². The van der Waals surface area contributed by atoms with Crippen molar-refractivity contribution < 1.29 is 23.8 Å². The van der Waals surface area contributed by atoms with E-state index in [0.717, 1.165) is 28.2 Å². The Hall–Kier alpha value is -4.00. The molecule has 2 heterocycles. The summed E-state index contributed by atoms with van der Waals surface area (Å²) in [6.07, 6.45) is -0.471. The summed E-state index contributed by atoms with van der Waals surface area (Å²) in [5.74, 6) is 1.37. The quantitative estimate of drug-likeness (QED) is 0.473. The van der Waals surface area contributed by atoms with Gasteiger partial charge >= 0.3 is 6.09 Å². The van der Waals surface area contributed by atoms with Gasteiger partial charge in [-0.3, -0.25) is 9.69 Å². The SMILES string of the molecule is COc1ccc(CN2C(=O)[C@@H](N3C(=O)OC[C@@H]3c3ccccc3)[C@@]2(C)c2ccc(OC)cc2)cc1. The van der Waals surface area contributed by atoms with Crippen LogP contribution in [0.15, 0.2) is 78.9 Å². The number of ether oxygens (including phenoxy) is 3. The number of methoxy groups -OCH3 is 2. The summed E-state index contributed by atoms with van der Waals surface area (Å²) in [6, 6.07) is 24.0. The topological polar surface area (TPSA) is 68.3 Å². The average molecular weight is 473 g/mol. The van der Waals surface area contributed by atoms with Crippen LogP contribution in [0.25, 0.3) is 0 Å². The van der Waals surface area contributed by atoms with Crippen molar-refractivity contribution in [1.29, 1.82) is 0 Å². The van der Waals surface area contributed by atoms with Crippen LogP contribution in [0, 0.1) is 0 Å². The summed E-state index contributed by atoms with van der Waals surface area (Å²) in [7, 11) is 3.24. The van der Waals surface area contributed by atoms with E-state index in [1.54, 1.807) is 19.1 Å². The van der Waals surface area contributed by atoms with E-state index >= 15 is 0 Å². The minimum Gasteiger partial charge on any atom is -0.497 e. The van der Waals surface area contributed by atoms with Crippen LogP contribution in [0.1, 0.15) is 29.7 Å². The summed E-state index contributed by atoms with van der Waals surface area (Å²) < 4.78 is 16.1. The number of carbonyl (C=O) groups is 2. The zero-order chi connectivity index (χ0) is 24.6. The Labute approximate surface area is 204 Å². The number of hydrogen-bond acceptors (Lipinski definition) is 5. The van der Waals surface area contributed by atoms with Crippen LogP contribution >= 0.6 is 0 Å². The molecule has 0 aromatic heterocycles. The molecule has 5 rings (SSSR count). The van der Waals surface area contributed by atoms with Gasteiger partial charge in [0.15, 0.2) is 0 Å². The Morgan fingerprint density at radius 3 is 2.09 bits per heavy atom. The number of cyclic esters (lactones) is 1. The summed E-state index contributed by atoms with van der Waals surface area (Å²) >= 11 is 0. The molecule has 0 bridgehead atoms. The van der Waals surface area contributed by atoms with Crippen molar-refractivity contribution in [1.82, 2.24) is 9.80 Å². The van der Waals surface area contributed by atoms with Gasteiger partial charge in [-0.15, -0.1) is 0 Å². The fraction of sp³-hybridized carbons (Fsp3) is 0.286. The van der Waals surface area contributed by atoms with Gasteiger partial charge in [-0.25, -0.2) is 4.79 Å². The Morgan fingerprint density at radius 2 is 1.49 bits per heavy atom. The van der Waals surface area contributed by atoms with Crippen LogP contribution in [0.4, 0.5) is 4.79 Å². The van der Waals surface area contributed by atoms with Crippen LogP contribution < -0.4 is 9.47 Å². The summed E-state index contributed by atoms with van der Waals surface area (Å²) in [6.45, 7) is 2.63. The normalized spacial score (nSPS) is 23.6. The monoisotopic (exact) mass is 472 g/mol. The molecule has 3 aromatic rings. The van der Waals surface area contributed by atoms with E-state index in [0.29, 0.717) is 6.54 Å². The fourth-order valence-corrected chi connectivity index (χ4v) is 5.14. The Morgan fingerprint density at radius 1 is 0.886 bits per heavy atom. The predicted molar refractivity (Wildman–Crippen MR) is 130 cm³/mol. The molecule has 180 valence electrons. The lowest BCUT2D eigenvalue weighted by Crippen LogP contribution is -2.75. The number of nitrogens with zero attached hydrogens (tertiary/aromatic N) is 2. The lowest BCUT2D eigenvalue weighted by atomic mass is 9.73. The van der Waals surface area contributed by atoms with Gasteiger partial charge in [-0.1, -0.05) is 54.6 Å². The molecule has 7 nitrogen and oxygen atoms in total. The number of likely N-dealkylation sites (tertiary alicyclic amines) is 1. The molecule has 0 saturated carbocycles. The standard InChI is InChI=1S/C28H28N2O5/c1-28(21-11-15-23(34-3)16-12-21)25(26(31)29(28)17-19-9-13-22(33-2)14-10-19)30-24(18-35-27(30)32)20-7-5-4-6-8-20/h4-16,24-25H,17-18H2,1-3H3/t24-,25-,28-/m1/s1. The lowest BCUT2D eigenvalue weighted by Gasteiger charge is -2.58. The van der Waals surface area contributed by atoms with E-state index in [1.807, 2.05) is 90.7 Å². The molecule has 3 atom stereocenters. The van der Waals surface area contributed by atoms with Crippen LogP contribution in [0.5, 0.6) is 11.5 Å². The second-order valence-corrected chi connectivity index (χ2v) is 8.96. The number of carbonyl (C=O) groups excluding carboxylic acids is 2. The van der Waals surface area contributed by atoms with Gasteiger partial charge in [0, 0.05) is 6.54 Å². The molecule has 2 saturated heterocycles. The zero-order valence-corrected chi connectivity index (χ0v) is 20.0. The third-order valence-electron chi connectivity index (χ3n) is 7.14. The van der Waals surface area contributed by atoms with E-state index in [2.05, 4.69) is 0 Å². The van der Waals surface area contributed by atoms with Crippen LogP contribution in [0.2, 0.25) is 0 Å². The number of hydrogen-bond donors (Lipinski definition) is 0. The molecular weight excluding hydrogens is 444 g/mol. The zero-order valence-electron chi connectivity index (χ0n) is 20.0. The minimum atomic E-state index is -0.764. The number of amides is 2. The maximum Gasteiger partial charge on any atom is 0.411 e. The van der Waals surface area contributed by atoms with E-state index < -0.39 is 17.7 Å². The molecule has 3 aromatic carbocycles. The third kappa shape index (κ3) is 3.77. The van der Waals surface area contributed by atoms with Crippen molar-refractivity contribution in [2.24, 2.45) is 0 Å². The molecule has 35 heavy (non-hydrogen) atoms. The van der Waals surface area contributed by atoms with E-state index in [1.165, 1.54) is 0 Å². The van der Waals surface area contributed by atoms with E-state index in [9.17, 15) is 9.59 Å². The molecular formula is C28H28N2O5. The first-order valence-electron chi connectivity index (χ1n) is 11.6. The van der Waals surface area contributed by atoms with Gasteiger partial charge in [-0.05, 0) is 47.9 Å². The summed E-state index contributed by atoms with van der Waals surface area (Å²) in [5.41, 5.74) is 2.07. The molecule has 0 radical (unpaired) electrons. The smallest absolute Gasteiger partial charge is 0.411 e. The highest BCUT2D eigenvalue weighted by molar-refractivity contribution is 5.95. The predicted octanol–water partition coefficient (Wildman–Crippen LogP) is 4.52. The molecule has 2 amide bonds. The van der Waals surface area contributed by atoms with Gasteiger partial charge in [0.05, 0.1) is 25.8 Å². The average Bonchev–Trinajstić information content (AvgIpc) is 3.28. The number of β-lactam (4-membered cyclic amide) rings is 1. The first-order valence-corrected chi connectivity index (χ1v) is 11.6. The van der Waals surface area contributed by atoms with E-state index in [4.69, 9.17) is 14.2 Å². The number of rotatable bonds is 7. The molecule has 2 fully saturated rings. The second-order valence-electron chi connectivity index (χ2n) is 8.96. The molecule has 0 spiro atoms. The molecule has 7 heteroatoms. The van der Waals surface area contributed by atoms with Gasteiger partial charge in [0.25, 0.3) is 0 Å². The highest BCUT2D eigenvalue weighted by Gasteiger charge is 2.63. The van der Waals surface area contributed by atoms with Crippen molar-refractivity contribution in [3.63, 3.8) is 0 Å². The minimum absolute atomic E-state index is 0.112. The first kappa shape index (κ1) is 22.8. The Kier molecular flexibility index (Phi) is 5.84. The van der Waals surface area contributed by atoms with Crippen molar-refractivity contribution in [3.05, 3.63) is 95.6 Å². The first-order chi connectivity index (χ1) is 17.0. The Balaban J connectivity index is 1.54. The fourth-order valence-electron chi connectivity index (χ4n) is 5.14. The summed E-state index contributed by atoms with van der Waals surface area (Å²) in [5, 5.41) is 0. The molecule has 0 N–H and O–H groups in total. The van der Waals surface area contributed by atoms with Crippen molar-refractivity contribution in [2.45, 2.75) is 31.1 Å². The van der Waals surface area contributed by atoms with Crippen molar-refractivity contribution in [3.8, 4) is 11.5 Å². The van der Waals surface area contributed by atoms with Crippen molar-refractivity contribution in [2.75, 3.05) is 20.8 Å².